The first-order valence-corrected chi connectivity index (χ1v) is 7.50. The largest absolute Gasteiger partial charge is 0.354 e. The number of hydrogen-bond donors (Lipinski definition) is 0. The van der Waals surface area contributed by atoms with E-state index in [0.717, 1.165) is 50.7 Å². The summed E-state index contributed by atoms with van der Waals surface area (Å²) < 4.78 is 0. The molecule has 1 aromatic heterocycles. The Bertz CT molecular complexity index is 414. The van der Waals surface area contributed by atoms with Gasteiger partial charge in [0.15, 0.2) is 0 Å². The molecular formula is C14H23ClN4. The summed E-state index contributed by atoms with van der Waals surface area (Å²) in [5.74, 6) is 1.84. The molecule has 0 aliphatic carbocycles. The minimum absolute atomic E-state index is 0.555. The minimum atomic E-state index is 0.555. The average molecular weight is 283 g/mol. The number of rotatable bonds is 4. The number of halogens is 1. The van der Waals surface area contributed by atoms with Crippen molar-refractivity contribution in [3.05, 3.63) is 17.0 Å². The summed E-state index contributed by atoms with van der Waals surface area (Å²) in [7, 11) is 0. The van der Waals surface area contributed by atoms with Crippen molar-refractivity contribution in [3.8, 4) is 0 Å². The van der Waals surface area contributed by atoms with Gasteiger partial charge in [0.2, 0.25) is 0 Å². The van der Waals surface area contributed by atoms with Crippen molar-refractivity contribution in [3.63, 3.8) is 0 Å². The second-order valence-electron chi connectivity index (χ2n) is 5.33. The van der Waals surface area contributed by atoms with E-state index >= 15 is 0 Å². The van der Waals surface area contributed by atoms with Gasteiger partial charge in [-0.05, 0) is 20.3 Å². The van der Waals surface area contributed by atoms with Crippen molar-refractivity contribution < 1.29 is 0 Å². The third-order valence-electron chi connectivity index (χ3n) is 3.57. The lowest BCUT2D eigenvalue weighted by Gasteiger charge is -2.37. The second-order valence-corrected chi connectivity index (χ2v) is 5.72. The van der Waals surface area contributed by atoms with Crippen LogP contribution in [0.25, 0.3) is 0 Å². The molecule has 0 atom stereocenters. The van der Waals surface area contributed by atoms with Gasteiger partial charge in [-0.3, -0.25) is 4.90 Å². The molecule has 0 amide bonds. The maximum absolute atomic E-state index is 6.10. The van der Waals surface area contributed by atoms with E-state index < -0.39 is 0 Å². The van der Waals surface area contributed by atoms with Gasteiger partial charge in [-0.25, -0.2) is 9.97 Å². The highest BCUT2D eigenvalue weighted by Gasteiger charge is 2.20. The maximum atomic E-state index is 6.10. The van der Waals surface area contributed by atoms with Crippen LogP contribution >= 0.6 is 11.6 Å². The molecule has 4 nitrogen and oxygen atoms in total. The van der Waals surface area contributed by atoms with E-state index in [2.05, 4.69) is 40.5 Å². The van der Waals surface area contributed by atoms with Gasteiger partial charge < -0.3 is 4.90 Å². The Labute approximate surface area is 120 Å². The highest BCUT2D eigenvalue weighted by atomic mass is 35.5. The molecule has 2 rings (SSSR count). The van der Waals surface area contributed by atoms with Crippen LogP contribution < -0.4 is 4.90 Å². The second kappa shape index (κ2) is 6.53. The lowest BCUT2D eigenvalue weighted by atomic mass is 10.2. The Kier molecular flexibility index (Phi) is 4.99. The topological polar surface area (TPSA) is 32.3 Å². The van der Waals surface area contributed by atoms with Crippen LogP contribution in [0, 0.1) is 0 Å². The summed E-state index contributed by atoms with van der Waals surface area (Å²) in [5, 5.41) is 0.555. The van der Waals surface area contributed by atoms with Gasteiger partial charge in [-0.15, -0.1) is 0 Å². The van der Waals surface area contributed by atoms with Gasteiger partial charge in [-0.1, -0.05) is 18.5 Å². The number of aryl methyl sites for hydroxylation is 1. The lowest BCUT2D eigenvalue weighted by Crippen LogP contribution is -2.49. The summed E-state index contributed by atoms with van der Waals surface area (Å²) in [4.78, 5) is 13.7. The van der Waals surface area contributed by atoms with E-state index in [-0.39, 0.29) is 0 Å². The molecule has 1 fully saturated rings. The van der Waals surface area contributed by atoms with Crippen molar-refractivity contribution in [2.24, 2.45) is 0 Å². The maximum Gasteiger partial charge on any atom is 0.134 e. The predicted octanol–water partition coefficient (Wildman–Crippen LogP) is 2.61. The summed E-state index contributed by atoms with van der Waals surface area (Å²) >= 11 is 6.10. The van der Waals surface area contributed by atoms with Gasteiger partial charge in [0.1, 0.15) is 16.8 Å². The molecule has 106 valence electrons. The molecule has 0 saturated carbocycles. The fourth-order valence-electron chi connectivity index (χ4n) is 2.42. The summed E-state index contributed by atoms with van der Waals surface area (Å²) in [6, 6.07) is 2.50. The first kappa shape index (κ1) is 14.5. The smallest absolute Gasteiger partial charge is 0.134 e. The quantitative estimate of drug-likeness (QED) is 0.795. The SMILES string of the molecule is CCCc1nc(Cl)cc(N2CCN(C(C)C)CC2)n1. The number of aromatic nitrogens is 2. The predicted molar refractivity (Wildman–Crippen MR) is 80.0 cm³/mol. The molecule has 2 heterocycles. The van der Waals surface area contributed by atoms with Crippen LogP contribution in [0.4, 0.5) is 5.82 Å². The highest BCUT2D eigenvalue weighted by Crippen LogP contribution is 2.19. The minimum Gasteiger partial charge on any atom is -0.354 e. The van der Waals surface area contributed by atoms with Crippen molar-refractivity contribution in [2.75, 3.05) is 31.1 Å². The molecule has 1 aliphatic heterocycles. The monoisotopic (exact) mass is 282 g/mol. The first-order chi connectivity index (χ1) is 9.10. The molecule has 0 N–H and O–H groups in total. The fraction of sp³-hybridized carbons (Fsp3) is 0.714. The molecule has 1 aliphatic rings. The van der Waals surface area contributed by atoms with E-state index in [1.54, 1.807) is 0 Å². The average Bonchev–Trinajstić information content (AvgIpc) is 2.38. The van der Waals surface area contributed by atoms with Crippen molar-refractivity contribution in [1.82, 2.24) is 14.9 Å². The van der Waals surface area contributed by atoms with Crippen molar-refractivity contribution in [2.45, 2.75) is 39.7 Å². The van der Waals surface area contributed by atoms with Crippen LogP contribution in [0.1, 0.15) is 33.0 Å². The summed E-state index contributed by atoms with van der Waals surface area (Å²) in [6.07, 6.45) is 1.93. The Morgan fingerprint density at radius 1 is 1.21 bits per heavy atom. The summed E-state index contributed by atoms with van der Waals surface area (Å²) in [6.45, 7) is 10.8. The zero-order valence-corrected chi connectivity index (χ0v) is 12.8. The molecule has 0 spiro atoms. The molecule has 1 saturated heterocycles. The van der Waals surface area contributed by atoms with Crippen LogP contribution in [0.3, 0.4) is 0 Å². The van der Waals surface area contributed by atoms with Gasteiger partial charge in [0.05, 0.1) is 0 Å². The Morgan fingerprint density at radius 2 is 1.89 bits per heavy atom. The number of nitrogens with zero attached hydrogens (tertiary/aromatic N) is 4. The molecule has 0 radical (unpaired) electrons. The van der Waals surface area contributed by atoms with Gasteiger partial charge in [-0.2, -0.15) is 0 Å². The molecule has 19 heavy (non-hydrogen) atoms. The van der Waals surface area contributed by atoms with Gasteiger partial charge >= 0.3 is 0 Å². The van der Waals surface area contributed by atoms with Crippen LogP contribution in [0.15, 0.2) is 6.07 Å². The number of anilines is 1. The van der Waals surface area contributed by atoms with E-state index in [1.807, 2.05) is 6.07 Å². The first-order valence-electron chi connectivity index (χ1n) is 7.12. The molecule has 0 bridgehead atoms. The van der Waals surface area contributed by atoms with Crippen LogP contribution in [-0.2, 0) is 6.42 Å². The molecule has 5 heteroatoms. The van der Waals surface area contributed by atoms with Gasteiger partial charge in [0, 0.05) is 44.7 Å². The van der Waals surface area contributed by atoms with E-state index in [4.69, 9.17) is 11.6 Å². The van der Waals surface area contributed by atoms with Crippen LogP contribution in [0.2, 0.25) is 5.15 Å². The third-order valence-corrected chi connectivity index (χ3v) is 3.76. The van der Waals surface area contributed by atoms with Crippen molar-refractivity contribution >= 4 is 17.4 Å². The highest BCUT2D eigenvalue weighted by molar-refractivity contribution is 6.29. The standard InChI is InChI=1S/C14H23ClN4/c1-4-5-13-16-12(15)10-14(17-13)19-8-6-18(7-9-19)11(2)3/h10-11H,4-9H2,1-3H3. The van der Waals surface area contributed by atoms with E-state index in [1.165, 1.54) is 0 Å². The fourth-order valence-corrected chi connectivity index (χ4v) is 2.61. The van der Waals surface area contributed by atoms with Crippen LogP contribution in [0.5, 0.6) is 0 Å². The zero-order chi connectivity index (χ0) is 13.8. The third kappa shape index (κ3) is 3.80. The Balaban J connectivity index is 2.06. The Morgan fingerprint density at radius 3 is 2.47 bits per heavy atom. The molecule has 0 unspecified atom stereocenters. The van der Waals surface area contributed by atoms with Gasteiger partial charge in [0.25, 0.3) is 0 Å². The lowest BCUT2D eigenvalue weighted by molar-refractivity contribution is 0.209. The van der Waals surface area contributed by atoms with Crippen LogP contribution in [-0.4, -0.2) is 47.1 Å². The van der Waals surface area contributed by atoms with Crippen molar-refractivity contribution in [1.29, 1.82) is 0 Å². The summed E-state index contributed by atoms with van der Waals surface area (Å²) in [5.41, 5.74) is 0. The van der Waals surface area contributed by atoms with E-state index in [0.29, 0.717) is 11.2 Å². The molecular weight excluding hydrogens is 260 g/mol. The normalized spacial score (nSPS) is 17.2. The Hall–Kier alpha value is -0.870. The number of hydrogen-bond acceptors (Lipinski definition) is 4. The molecule has 1 aromatic rings. The molecule has 0 aromatic carbocycles. The zero-order valence-electron chi connectivity index (χ0n) is 12.1. The van der Waals surface area contributed by atoms with E-state index in [9.17, 15) is 0 Å². The number of piperazine rings is 1.